The van der Waals surface area contributed by atoms with Crippen LogP contribution in [0.5, 0.6) is 0 Å². The van der Waals surface area contributed by atoms with Crippen LogP contribution in [0.15, 0.2) is 0 Å². The molecule has 0 aromatic rings. The van der Waals surface area contributed by atoms with Crippen molar-refractivity contribution >= 4 is 17.7 Å². The standard InChI is InChI=1S/C13H26N4O3/c1-4-16-11(18)9-12(19)17-13(20)10(15-3)7-5-6-8-14-2/h10,14-15H,4-9H2,1-3H3,(H,16,18)(H,17,19,20)/t10-/m0/s1. The van der Waals surface area contributed by atoms with E-state index in [1.54, 1.807) is 14.0 Å². The molecule has 0 unspecified atom stereocenters. The molecule has 0 aromatic heterocycles. The first-order valence-corrected chi connectivity index (χ1v) is 6.97. The molecule has 0 bridgehead atoms. The van der Waals surface area contributed by atoms with Gasteiger partial charge >= 0.3 is 0 Å². The number of rotatable bonds is 10. The van der Waals surface area contributed by atoms with E-state index in [1.807, 2.05) is 7.05 Å². The number of amides is 3. The van der Waals surface area contributed by atoms with Crippen molar-refractivity contribution in [1.82, 2.24) is 21.3 Å². The van der Waals surface area contributed by atoms with Gasteiger partial charge in [0.2, 0.25) is 17.7 Å². The van der Waals surface area contributed by atoms with E-state index in [1.165, 1.54) is 0 Å². The van der Waals surface area contributed by atoms with Crippen LogP contribution < -0.4 is 21.3 Å². The smallest absolute Gasteiger partial charge is 0.243 e. The summed E-state index contributed by atoms with van der Waals surface area (Å²) >= 11 is 0. The Hall–Kier alpha value is -1.47. The summed E-state index contributed by atoms with van der Waals surface area (Å²) in [5.74, 6) is -1.34. The van der Waals surface area contributed by atoms with E-state index in [4.69, 9.17) is 0 Å². The van der Waals surface area contributed by atoms with E-state index in [-0.39, 0.29) is 18.2 Å². The normalized spacial score (nSPS) is 11.8. The molecule has 0 aliphatic rings. The van der Waals surface area contributed by atoms with E-state index >= 15 is 0 Å². The summed E-state index contributed by atoms with van der Waals surface area (Å²) in [6, 6.07) is -0.412. The van der Waals surface area contributed by atoms with Crippen molar-refractivity contribution in [3.8, 4) is 0 Å². The lowest BCUT2D eigenvalue weighted by Gasteiger charge is -2.15. The Morgan fingerprint density at radius 1 is 1.05 bits per heavy atom. The zero-order valence-corrected chi connectivity index (χ0v) is 12.5. The van der Waals surface area contributed by atoms with Gasteiger partial charge in [-0.05, 0) is 40.4 Å². The maximum absolute atomic E-state index is 11.8. The van der Waals surface area contributed by atoms with E-state index < -0.39 is 11.9 Å². The molecular formula is C13H26N4O3. The van der Waals surface area contributed by atoms with Gasteiger partial charge in [-0.25, -0.2) is 0 Å². The molecule has 0 aromatic carbocycles. The first-order chi connectivity index (χ1) is 9.54. The van der Waals surface area contributed by atoms with E-state index in [0.717, 1.165) is 19.4 Å². The summed E-state index contributed by atoms with van der Waals surface area (Å²) in [6.45, 7) is 3.13. The average molecular weight is 286 g/mol. The van der Waals surface area contributed by atoms with Gasteiger partial charge in [0, 0.05) is 6.54 Å². The van der Waals surface area contributed by atoms with Crippen molar-refractivity contribution in [2.75, 3.05) is 27.2 Å². The summed E-state index contributed by atoms with van der Waals surface area (Å²) in [4.78, 5) is 34.6. The molecule has 7 heteroatoms. The highest BCUT2D eigenvalue weighted by Gasteiger charge is 2.19. The summed E-state index contributed by atoms with van der Waals surface area (Å²) in [7, 11) is 3.55. The molecule has 0 aliphatic heterocycles. The van der Waals surface area contributed by atoms with Gasteiger partial charge in [0.1, 0.15) is 6.42 Å². The summed E-state index contributed by atoms with van der Waals surface area (Å²) in [6.07, 6.45) is 2.17. The van der Waals surface area contributed by atoms with E-state index in [0.29, 0.717) is 13.0 Å². The third-order valence-electron chi connectivity index (χ3n) is 2.79. The molecule has 0 radical (unpaired) electrons. The second kappa shape index (κ2) is 11.4. The second-order valence-electron chi connectivity index (χ2n) is 4.48. The van der Waals surface area contributed by atoms with Crippen LogP contribution in [0.2, 0.25) is 0 Å². The molecular weight excluding hydrogens is 260 g/mol. The number of unbranched alkanes of at least 4 members (excludes halogenated alkanes) is 1. The van der Waals surface area contributed by atoms with Crippen LogP contribution in [0, 0.1) is 0 Å². The van der Waals surface area contributed by atoms with Gasteiger partial charge in [0.05, 0.1) is 6.04 Å². The van der Waals surface area contributed by atoms with Gasteiger partial charge in [0.15, 0.2) is 0 Å². The van der Waals surface area contributed by atoms with Crippen LogP contribution in [0.25, 0.3) is 0 Å². The first-order valence-electron chi connectivity index (χ1n) is 6.97. The molecule has 0 fully saturated rings. The minimum Gasteiger partial charge on any atom is -0.356 e. The molecule has 20 heavy (non-hydrogen) atoms. The van der Waals surface area contributed by atoms with Crippen molar-refractivity contribution in [2.24, 2.45) is 0 Å². The molecule has 0 aliphatic carbocycles. The Morgan fingerprint density at radius 2 is 1.75 bits per heavy atom. The highest BCUT2D eigenvalue weighted by atomic mass is 16.2. The highest BCUT2D eigenvalue weighted by molar-refractivity contribution is 6.05. The molecule has 116 valence electrons. The van der Waals surface area contributed by atoms with Crippen LogP contribution in [0.4, 0.5) is 0 Å². The lowest BCUT2D eigenvalue weighted by molar-refractivity contribution is -0.134. The number of likely N-dealkylation sites (N-methyl/N-ethyl adjacent to an activating group) is 1. The Bertz CT molecular complexity index is 321. The monoisotopic (exact) mass is 286 g/mol. The predicted molar refractivity (Wildman–Crippen MR) is 77.1 cm³/mol. The van der Waals surface area contributed by atoms with Crippen molar-refractivity contribution < 1.29 is 14.4 Å². The molecule has 0 heterocycles. The van der Waals surface area contributed by atoms with Gasteiger partial charge in [0.25, 0.3) is 0 Å². The number of hydrogen-bond donors (Lipinski definition) is 4. The van der Waals surface area contributed by atoms with Gasteiger partial charge in [-0.2, -0.15) is 0 Å². The van der Waals surface area contributed by atoms with Gasteiger partial charge in [-0.15, -0.1) is 0 Å². The minimum absolute atomic E-state index is 0.324. The molecule has 3 amide bonds. The van der Waals surface area contributed by atoms with E-state index in [9.17, 15) is 14.4 Å². The third kappa shape index (κ3) is 8.60. The Kier molecular flexibility index (Phi) is 10.5. The number of hydrogen-bond acceptors (Lipinski definition) is 5. The fraction of sp³-hybridized carbons (Fsp3) is 0.769. The lowest BCUT2D eigenvalue weighted by Crippen LogP contribution is -2.46. The predicted octanol–water partition coefficient (Wildman–Crippen LogP) is -0.867. The van der Waals surface area contributed by atoms with E-state index in [2.05, 4.69) is 21.3 Å². The molecule has 0 saturated carbocycles. The van der Waals surface area contributed by atoms with Crippen LogP contribution in [-0.2, 0) is 14.4 Å². The fourth-order valence-corrected chi connectivity index (χ4v) is 1.73. The maximum atomic E-state index is 11.8. The first kappa shape index (κ1) is 18.5. The Balaban J connectivity index is 4.07. The van der Waals surface area contributed by atoms with Crippen LogP contribution in [0.3, 0.4) is 0 Å². The number of nitrogens with one attached hydrogen (secondary N) is 4. The van der Waals surface area contributed by atoms with Crippen molar-refractivity contribution in [3.63, 3.8) is 0 Å². The second-order valence-corrected chi connectivity index (χ2v) is 4.48. The van der Waals surface area contributed by atoms with Crippen LogP contribution >= 0.6 is 0 Å². The number of imide groups is 1. The Morgan fingerprint density at radius 3 is 2.30 bits per heavy atom. The van der Waals surface area contributed by atoms with Crippen LogP contribution in [0.1, 0.15) is 32.6 Å². The Labute approximate surface area is 120 Å². The highest BCUT2D eigenvalue weighted by Crippen LogP contribution is 2.00. The molecule has 0 saturated heterocycles. The number of carbonyl (C=O) groups is 3. The van der Waals surface area contributed by atoms with Gasteiger partial charge in [-0.1, -0.05) is 6.42 Å². The number of carbonyl (C=O) groups excluding carboxylic acids is 3. The van der Waals surface area contributed by atoms with Gasteiger partial charge in [-0.3, -0.25) is 19.7 Å². The summed E-state index contributed by atoms with van der Waals surface area (Å²) in [5, 5.41) is 10.7. The molecule has 7 nitrogen and oxygen atoms in total. The minimum atomic E-state index is -0.573. The SMILES string of the molecule is CCNC(=O)CC(=O)NC(=O)[C@H](CCCCNC)NC. The lowest BCUT2D eigenvalue weighted by atomic mass is 10.1. The zero-order chi connectivity index (χ0) is 15.4. The zero-order valence-electron chi connectivity index (χ0n) is 12.5. The van der Waals surface area contributed by atoms with Crippen molar-refractivity contribution in [2.45, 2.75) is 38.6 Å². The van der Waals surface area contributed by atoms with Crippen molar-refractivity contribution in [1.29, 1.82) is 0 Å². The molecule has 0 rings (SSSR count). The summed E-state index contributed by atoms with van der Waals surface area (Å²) in [5.41, 5.74) is 0. The fourth-order valence-electron chi connectivity index (χ4n) is 1.73. The van der Waals surface area contributed by atoms with Crippen molar-refractivity contribution in [3.05, 3.63) is 0 Å². The third-order valence-corrected chi connectivity index (χ3v) is 2.79. The quantitative estimate of drug-likeness (QED) is 0.309. The van der Waals surface area contributed by atoms with Crippen LogP contribution in [-0.4, -0.2) is 50.9 Å². The molecule has 4 N–H and O–H groups in total. The molecule has 1 atom stereocenters. The summed E-state index contributed by atoms with van der Waals surface area (Å²) < 4.78 is 0. The van der Waals surface area contributed by atoms with Gasteiger partial charge < -0.3 is 16.0 Å². The largest absolute Gasteiger partial charge is 0.356 e. The topological polar surface area (TPSA) is 99.3 Å². The maximum Gasteiger partial charge on any atom is 0.243 e. The molecule has 0 spiro atoms. The average Bonchev–Trinajstić information content (AvgIpc) is 2.38.